The van der Waals surface area contributed by atoms with Crippen LogP contribution < -0.4 is 14.9 Å². The Kier molecular flexibility index (Phi) is 8.01. The largest absolute Gasteiger partial charge is 0.490 e. The van der Waals surface area contributed by atoms with Gasteiger partial charge in [-0.3, -0.25) is 5.10 Å². The zero-order valence-electron chi connectivity index (χ0n) is 16.9. The Morgan fingerprint density at radius 3 is 2.67 bits per heavy atom. The number of rotatable bonds is 10. The normalized spacial score (nSPS) is 10.8. The Labute approximate surface area is 191 Å². The van der Waals surface area contributed by atoms with Crippen LogP contribution in [0.15, 0.2) is 36.4 Å². The van der Waals surface area contributed by atoms with E-state index in [9.17, 15) is 0 Å². The van der Waals surface area contributed by atoms with Gasteiger partial charge in [-0.25, -0.2) is 4.68 Å². The van der Waals surface area contributed by atoms with Crippen LogP contribution in [-0.2, 0) is 19.6 Å². The molecule has 0 fully saturated rings. The van der Waals surface area contributed by atoms with Gasteiger partial charge in [0.05, 0.1) is 13.2 Å². The van der Waals surface area contributed by atoms with Gasteiger partial charge in [-0.15, -0.1) is 0 Å². The maximum Gasteiger partial charge on any atom is 0.214 e. The first-order valence-corrected chi connectivity index (χ1v) is 10.9. The topological polar surface area (TPSA) is 64.1 Å². The predicted octanol–water partition coefficient (Wildman–Crippen LogP) is 5.92. The lowest BCUT2D eigenvalue weighted by Crippen LogP contribution is -2.17. The number of nitrogens with zero attached hydrogens (tertiary/aromatic N) is 2. The van der Waals surface area contributed by atoms with Crippen molar-refractivity contribution < 1.29 is 9.47 Å². The molecule has 160 valence electrons. The van der Waals surface area contributed by atoms with Crippen molar-refractivity contribution in [1.82, 2.24) is 14.9 Å². The number of hydrogen-bond donors (Lipinski definition) is 2. The summed E-state index contributed by atoms with van der Waals surface area (Å²) in [4.78, 5) is 0. The number of nitrogens with one attached hydrogen (secondary N) is 2. The molecule has 0 aliphatic carbocycles. The van der Waals surface area contributed by atoms with Crippen LogP contribution >= 0.6 is 35.4 Å². The fourth-order valence-corrected chi connectivity index (χ4v) is 3.58. The Bertz CT molecular complexity index is 1050. The molecule has 0 bridgehead atoms. The Hall–Kier alpha value is -2.22. The first kappa shape index (κ1) is 22.5. The SMILES string of the molecule is CCCc1n[nH]c(=S)n1NCc1ccc(OCc2ccc(Cl)cc2Cl)c(OCC)c1. The number of aryl methyl sites for hydroxylation is 1. The number of halogens is 2. The van der Waals surface area contributed by atoms with Gasteiger partial charge in [-0.05, 0) is 55.4 Å². The van der Waals surface area contributed by atoms with Crippen LogP contribution in [0.25, 0.3) is 0 Å². The minimum absolute atomic E-state index is 0.318. The molecular formula is C21H24Cl2N4O2S. The van der Waals surface area contributed by atoms with E-state index >= 15 is 0 Å². The molecule has 0 aliphatic heterocycles. The van der Waals surface area contributed by atoms with Crippen LogP contribution in [0.3, 0.4) is 0 Å². The minimum atomic E-state index is 0.318. The van der Waals surface area contributed by atoms with E-state index in [1.165, 1.54) is 0 Å². The van der Waals surface area contributed by atoms with E-state index in [1.54, 1.807) is 12.1 Å². The van der Waals surface area contributed by atoms with E-state index in [0.29, 0.717) is 46.1 Å². The lowest BCUT2D eigenvalue weighted by molar-refractivity contribution is 0.269. The fourth-order valence-electron chi connectivity index (χ4n) is 2.90. The van der Waals surface area contributed by atoms with Crippen molar-refractivity contribution >= 4 is 35.4 Å². The van der Waals surface area contributed by atoms with E-state index < -0.39 is 0 Å². The molecular weight excluding hydrogens is 443 g/mol. The maximum atomic E-state index is 6.24. The van der Waals surface area contributed by atoms with Gasteiger partial charge >= 0.3 is 0 Å². The highest BCUT2D eigenvalue weighted by Crippen LogP contribution is 2.30. The van der Waals surface area contributed by atoms with Crippen LogP contribution in [0.5, 0.6) is 11.5 Å². The molecule has 0 radical (unpaired) electrons. The van der Waals surface area contributed by atoms with Gasteiger partial charge in [-0.2, -0.15) is 5.10 Å². The summed E-state index contributed by atoms with van der Waals surface area (Å²) in [5.41, 5.74) is 5.20. The van der Waals surface area contributed by atoms with Gasteiger partial charge in [0.1, 0.15) is 6.61 Å². The number of aromatic nitrogens is 3. The van der Waals surface area contributed by atoms with Crippen molar-refractivity contribution in [3.63, 3.8) is 0 Å². The van der Waals surface area contributed by atoms with E-state index in [0.717, 1.165) is 29.8 Å². The summed E-state index contributed by atoms with van der Waals surface area (Å²) in [6, 6.07) is 11.2. The van der Waals surface area contributed by atoms with Crippen LogP contribution in [0.4, 0.5) is 0 Å². The molecule has 1 aromatic heterocycles. The summed E-state index contributed by atoms with van der Waals surface area (Å²) in [6.07, 6.45) is 1.82. The molecule has 0 amide bonds. The van der Waals surface area contributed by atoms with Gasteiger partial charge in [0.2, 0.25) is 4.77 Å². The van der Waals surface area contributed by atoms with Crippen LogP contribution in [-0.4, -0.2) is 21.5 Å². The smallest absolute Gasteiger partial charge is 0.214 e. The average molecular weight is 467 g/mol. The van der Waals surface area contributed by atoms with Crippen LogP contribution in [0.1, 0.15) is 37.2 Å². The average Bonchev–Trinajstić information content (AvgIpc) is 3.06. The van der Waals surface area contributed by atoms with Crippen LogP contribution in [0.2, 0.25) is 10.0 Å². The molecule has 2 N–H and O–H groups in total. The monoisotopic (exact) mass is 466 g/mol. The maximum absolute atomic E-state index is 6.24. The Morgan fingerprint density at radius 2 is 1.93 bits per heavy atom. The van der Waals surface area contributed by atoms with E-state index in [1.807, 2.05) is 35.9 Å². The highest BCUT2D eigenvalue weighted by molar-refractivity contribution is 7.71. The van der Waals surface area contributed by atoms with Crippen molar-refractivity contribution in [3.8, 4) is 11.5 Å². The van der Waals surface area contributed by atoms with Crippen molar-refractivity contribution in [2.24, 2.45) is 0 Å². The zero-order valence-corrected chi connectivity index (χ0v) is 19.2. The molecule has 9 heteroatoms. The molecule has 0 aliphatic rings. The van der Waals surface area contributed by atoms with E-state index in [4.69, 9.17) is 44.9 Å². The molecule has 30 heavy (non-hydrogen) atoms. The standard InChI is InChI=1S/C21H24Cl2N4O2S/c1-3-5-20-25-26-21(30)27(20)24-12-14-6-9-18(19(10-14)28-4-2)29-13-15-7-8-16(22)11-17(15)23/h6-11,24H,3-5,12-13H2,1-2H3,(H,26,30). The summed E-state index contributed by atoms with van der Waals surface area (Å²) in [6.45, 7) is 5.45. The second kappa shape index (κ2) is 10.7. The number of hydrogen-bond acceptors (Lipinski definition) is 5. The molecule has 0 spiro atoms. The van der Waals surface area contributed by atoms with Gasteiger partial charge in [-0.1, -0.05) is 42.3 Å². The fraction of sp³-hybridized carbons (Fsp3) is 0.333. The zero-order chi connectivity index (χ0) is 21.5. The lowest BCUT2D eigenvalue weighted by atomic mass is 10.2. The molecule has 3 rings (SSSR count). The third-order valence-corrected chi connectivity index (χ3v) is 5.22. The number of aromatic amines is 1. The molecule has 0 unspecified atom stereocenters. The van der Waals surface area contributed by atoms with Crippen LogP contribution in [0, 0.1) is 4.77 Å². The van der Waals surface area contributed by atoms with Crippen molar-refractivity contribution in [2.75, 3.05) is 12.0 Å². The van der Waals surface area contributed by atoms with Gasteiger partial charge in [0.25, 0.3) is 0 Å². The minimum Gasteiger partial charge on any atom is -0.490 e. The lowest BCUT2D eigenvalue weighted by Gasteiger charge is -2.15. The molecule has 3 aromatic rings. The summed E-state index contributed by atoms with van der Waals surface area (Å²) in [7, 11) is 0. The first-order chi connectivity index (χ1) is 14.5. The summed E-state index contributed by atoms with van der Waals surface area (Å²) < 4.78 is 14.1. The molecule has 6 nitrogen and oxygen atoms in total. The van der Waals surface area contributed by atoms with Gasteiger partial charge in [0.15, 0.2) is 17.3 Å². The number of benzene rings is 2. The van der Waals surface area contributed by atoms with Crippen molar-refractivity contribution in [3.05, 3.63) is 68.2 Å². The second-order valence-corrected chi connectivity index (χ2v) is 7.83. The van der Waals surface area contributed by atoms with Crippen molar-refractivity contribution in [1.29, 1.82) is 0 Å². The highest BCUT2D eigenvalue weighted by Gasteiger charge is 2.10. The first-order valence-electron chi connectivity index (χ1n) is 9.74. The van der Waals surface area contributed by atoms with Crippen molar-refractivity contribution in [2.45, 2.75) is 39.8 Å². The quantitative estimate of drug-likeness (QED) is 0.363. The molecule has 0 saturated heterocycles. The molecule has 0 atom stereocenters. The van der Waals surface area contributed by atoms with E-state index in [2.05, 4.69) is 22.5 Å². The molecule has 1 heterocycles. The third-order valence-electron chi connectivity index (χ3n) is 4.36. The number of ether oxygens (including phenoxy) is 2. The Morgan fingerprint density at radius 1 is 1.10 bits per heavy atom. The summed E-state index contributed by atoms with van der Waals surface area (Å²) >= 11 is 17.5. The predicted molar refractivity (Wildman–Crippen MR) is 123 cm³/mol. The van der Waals surface area contributed by atoms with E-state index in [-0.39, 0.29) is 0 Å². The summed E-state index contributed by atoms with van der Waals surface area (Å²) in [5.74, 6) is 2.21. The van der Waals surface area contributed by atoms with Gasteiger partial charge < -0.3 is 14.9 Å². The highest BCUT2D eigenvalue weighted by atomic mass is 35.5. The third kappa shape index (κ3) is 5.68. The molecule has 0 saturated carbocycles. The Balaban J connectivity index is 1.71. The molecule has 2 aromatic carbocycles. The van der Waals surface area contributed by atoms with Gasteiger partial charge in [0, 0.05) is 22.0 Å². The number of H-pyrrole nitrogens is 1. The second-order valence-electron chi connectivity index (χ2n) is 6.60. The summed E-state index contributed by atoms with van der Waals surface area (Å²) in [5, 5.41) is 8.26.